The van der Waals surface area contributed by atoms with Gasteiger partial charge in [0, 0.05) is 13.1 Å². The van der Waals surface area contributed by atoms with Gasteiger partial charge < -0.3 is 9.64 Å². The smallest absolute Gasteiger partial charge is 0.406 e. The maximum absolute atomic E-state index is 12.2. The van der Waals surface area contributed by atoms with Crippen molar-refractivity contribution in [1.82, 2.24) is 0 Å². The van der Waals surface area contributed by atoms with Crippen LogP contribution in [0.5, 0.6) is 5.75 Å². The van der Waals surface area contributed by atoms with E-state index in [9.17, 15) is 18.0 Å². The quantitative estimate of drug-likeness (QED) is 0.712. The van der Waals surface area contributed by atoms with Crippen LogP contribution < -0.4 is 14.4 Å². The van der Waals surface area contributed by atoms with Gasteiger partial charge in [0.15, 0.2) is 0 Å². The Kier molecular flexibility index (Phi) is 5.36. The summed E-state index contributed by atoms with van der Waals surface area (Å²) >= 11 is 5.96. The van der Waals surface area contributed by atoms with Crippen LogP contribution in [-0.4, -0.2) is 12.9 Å². The second-order valence-electron chi connectivity index (χ2n) is 4.28. The summed E-state index contributed by atoms with van der Waals surface area (Å²) in [7, 11) is 2.29. The van der Waals surface area contributed by atoms with Crippen molar-refractivity contribution in [1.29, 1.82) is 0 Å². The molecule has 1 aromatic carbocycles. The third-order valence-corrected chi connectivity index (χ3v) is 5.55. The van der Waals surface area contributed by atoms with Crippen LogP contribution in [-0.2, 0) is 6.54 Å². The van der Waals surface area contributed by atoms with Gasteiger partial charge in [0.05, 0.1) is 0 Å². The van der Waals surface area contributed by atoms with Gasteiger partial charge in [-0.2, -0.15) is 0 Å². The molecular formula is C13H11ClF3NO2S2. The van der Waals surface area contributed by atoms with Gasteiger partial charge in [-0.05, 0) is 35.0 Å². The monoisotopic (exact) mass is 369 g/mol. The summed E-state index contributed by atoms with van der Waals surface area (Å²) in [5.41, 5.74) is 0.630. The first-order chi connectivity index (χ1) is 10.3. The van der Waals surface area contributed by atoms with Crippen LogP contribution in [0.3, 0.4) is 0 Å². The zero-order valence-corrected chi connectivity index (χ0v) is 13.7. The molecule has 9 heteroatoms. The maximum Gasteiger partial charge on any atom is 0.573 e. The molecule has 2 aromatic rings. The lowest BCUT2D eigenvalue weighted by Crippen LogP contribution is -2.22. The lowest BCUT2D eigenvalue weighted by Gasteiger charge is -2.21. The van der Waals surface area contributed by atoms with E-state index in [0.717, 1.165) is 10.3 Å². The van der Waals surface area contributed by atoms with Gasteiger partial charge >= 0.3 is 6.36 Å². The van der Waals surface area contributed by atoms with E-state index in [0.29, 0.717) is 23.7 Å². The maximum atomic E-state index is 12.2. The second kappa shape index (κ2) is 6.89. The predicted octanol–water partition coefficient (Wildman–Crippen LogP) is 4.75. The zero-order valence-electron chi connectivity index (χ0n) is 11.3. The molecule has 22 heavy (non-hydrogen) atoms. The first-order valence-corrected chi connectivity index (χ1v) is 8.71. The van der Waals surface area contributed by atoms with Crippen LogP contribution >= 0.6 is 32.3 Å². The molecule has 1 aromatic heterocycles. The fraction of sp³-hybridized carbons (Fsp3) is 0.308. The van der Waals surface area contributed by atoms with E-state index in [1.807, 2.05) is 11.8 Å². The average molecular weight is 370 g/mol. The summed E-state index contributed by atoms with van der Waals surface area (Å²) in [6.07, 6.45) is -4.72. The molecule has 0 bridgehead atoms. The molecule has 0 fully saturated rings. The van der Waals surface area contributed by atoms with Crippen molar-refractivity contribution in [3.05, 3.63) is 44.4 Å². The highest BCUT2D eigenvalue weighted by Crippen LogP contribution is 2.32. The Bertz CT molecular complexity index is 699. The van der Waals surface area contributed by atoms with Crippen LogP contribution in [0.1, 0.15) is 12.5 Å². The van der Waals surface area contributed by atoms with Gasteiger partial charge in [-0.1, -0.05) is 34.1 Å². The molecule has 0 spiro atoms. The number of rotatable bonds is 5. The van der Waals surface area contributed by atoms with Crippen molar-refractivity contribution in [2.75, 3.05) is 11.4 Å². The van der Waals surface area contributed by atoms with Crippen LogP contribution in [0.2, 0.25) is 5.02 Å². The summed E-state index contributed by atoms with van der Waals surface area (Å²) < 4.78 is 40.4. The van der Waals surface area contributed by atoms with Crippen molar-refractivity contribution >= 4 is 37.3 Å². The minimum atomic E-state index is -4.72. The minimum absolute atomic E-state index is 0.152. The number of ether oxygens (including phenoxy) is 1. The highest BCUT2D eigenvalue weighted by atomic mass is 35.5. The van der Waals surface area contributed by atoms with E-state index in [-0.39, 0.29) is 15.5 Å². The third kappa shape index (κ3) is 4.37. The van der Waals surface area contributed by atoms with Gasteiger partial charge in [-0.15, -0.1) is 13.2 Å². The fourth-order valence-corrected chi connectivity index (χ4v) is 4.58. The second-order valence-corrected chi connectivity index (χ2v) is 6.75. The Morgan fingerprint density at radius 3 is 2.59 bits per heavy atom. The van der Waals surface area contributed by atoms with Crippen LogP contribution in [0.25, 0.3) is 0 Å². The van der Waals surface area contributed by atoms with Crippen LogP contribution in [0.4, 0.5) is 18.2 Å². The van der Waals surface area contributed by atoms with E-state index >= 15 is 0 Å². The molecule has 1 heterocycles. The summed E-state index contributed by atoms with van der Waals surface area (Å²) in [4.78, 5) is 13.3. The Morgan fingerprint density at radius 1 is 1.32 bits per heavy atom. The Labute approximate surface area is 136 Å². The van der Waals surface area contributed by atoms with Gasteiger partial charge in [0.2, 0.25) is 0 Å². The van der Waals surface area contributed by atoms with Crippen LogP contribution in [0.15, 0.2) is 29.1 Å². The topological polar surface area (TPSA) is 29.5 Å². The number of nitrogens with zero attached hydrogens (tertiary/aromatic N) is 1. The van der Waals surface area contributed by atoms with E-state index in [2.05, 4.69) is 4.74 Å². The first kappa shape index (κ1) is 17.1. The first-order valence-electron chi connectivity index (χ1n) is 6.18. The Morgan fingerprint density at radius 2 is 2.05 bits per heavy atom. The number of benzene rings is 1. The molecule has 0 saturated heterocycles. The highest BCUT2D eigenvalue weighted by Gasteiger charge is 2.31. The molecule has 120 valence electrons. The average Bonchev–Trinajstić information content (AvgIpc) is 2.75. The van der Waals surface area contributed by atoms with E-state index in [1.165, 1.54) is 28.5 Å². The Balaban J connectivity index is 2.20. The molecule has 3 nitrogen and oxygen atoms in total. The number of hydrogen-bond donors (Lipinski definition) is 0. The number of halogens is 4. The lowest BCUT2D eigenvalue weighted by atomic mass is 10.2. The van der Waals surface area contributed by atoms with Gasteiger partial charge in [-0.25, -0.2) is 0 Å². The number of alkyl halides is 3. The highest BCUT2D eigenvalue weighted by molar-refractivity contribution is 7.70. The molecule has 2 rings (SSSR count). The molecule has 0 N–H and O–H groups in total. The summed E-state index contributed by atoms with van der Waals surface area (Å²) in [6, 6.07) is 5.74. The summed E-state index contributed by atoms with van der Waals surface area (Å²) in [5, 5.41) is 0.779. The van der Waals surface area contributed by atoms with E-state index < -0.39 is 6.36 Å². The lowest BCUT2D eigenvalue weighted by molar-refractivity contribution is -0.274. The van der Waals surface area contributed by atoms with Gasteiger partial charge in [0.25, 0.3) is 4.74 Å². The van der Waals surface area contributed by atoms with Crippen LogP contribution in [0, 0.1) is 0 Å². The molecule has 0 amide bonds. The molecule has 0 radical (unpaired) electrons. The standard InChI is InChI=1S/C13H11ClF3NO2S2/c1-2-18(11-10(14)12(19)22-21-11)7-8-4-3-5-9(6-8)20-13(15,16)17/h3-6H,2,7H2,1H3. The molecule has 0 aliphatic carbocycles. The SMILES string of the molecule is CCN(Cc1cccc(OC(F)(F)F)c1)c1ssc(=O)c1Cl. The van der Waals surface area contributed by atoms with E-state index in [4.69, 9.17) is 11.6 Å². The fourth-order valence-electron chi connectivity index (χ4n) is 1.82. The van der Waals surface area contributed by atoms with Gasteiger partial charge in [0.1, 0.15) is 15.8 Å². The van der Waals surface area contributed by atoms with Crippen molar-refractivity contribution in [2.45, 2.75) is 19.8 Å². The molecule has 0 aliphatic heterocycles. The largest absolute Gasteiger partial charge is 0.573 e. The number of hydrogen-bond acceptors (Lipinski definition) is 5. The molecular weight excluding hydrogens is 359 g/mol. The van der Waals surface area contributed by atoms with E-state index in [1.54, 1.807) is 6.07 Å². The molecule has 0 unspecified atom stereocenters. The number of anilines is 1. The molecule has 0 atom stereocenters. The zero-order chi connectivity index (χ0) is 16.3. The van der Waals surface area contributed by atoms with Crippen molar-refractivity contribution in [3.8, 4) is 5.75 Å². The molecule has 0 aliphatic rings. The third-order valence-electron chi connectivity index (χ3n) is 2.74. The van der Waals surface area contributed by atoms with Crippen molar-refractivity contribution in [3.63, 3.8) is 0 Å². The predicted molar refractivity (Wildman–Crippen MR) is 83.3 cm³/mol. The van der Waals surface area contributed by atoms with Gasteiger partial charge in [-0.3, -0.25) is 4.79 Å². The molecule has 0 saturated carbocycles. The summed E-state index contributed by atoms with van der Waals surface area (Å²) in [5.74, 6) is -0.273. The Hall–Kier alpha value is -1.25. The van der Waals surface area contributed by atoms with Crippen molar-refractivity contribution < 1.29 is 17.9 Å². The summed E-state index contributed by atoms with van der Waals surface area (Å²) in [6.45, 7) is 2.77. The van der Waals surface area contributed by atoms with Crippen molar-refractivity contribution in [2.24, 2.45) is 0 Å². The normalized spacial score (nSPS) is 11.5. The minimum Gasteiger partial charge on any atom is -0.406 e.